The largest absolute Gasteiger partial charge is 0.465 e. The van der Waals surface area contributed by atoms with Crippen LogP contribution in [0.2, 0.25) is 0 Å². The van der Waals surface area contributed by atoms with Gasteiger partial charge in [0.25, 0.3) is 0 Å². The molecular weight excluding hydrogens is 449 g/mol. The van der Waals surface area contributed by atoms with Gasteiger partial charge in [-0.2, -0.15) is 0 Å². The fraction of sp³-hybridized carbons (Fsp3) is 0.333. The Balaban J connectivity index is 0.00000312. The van der Waals surface area contributed by atoms with Crippen LogP contribution in [0.3, 0.4) is 0 Å². The lowest BCUT2D eigenvalue weighted by Crippen LogP contribution is -2.38. The van der Waals surface area contributed by atoms with Gasteiger partial charge in [-0.25, -0.2) is 4.79 Å². The topological polar surface area (TPSA) is 62.7 Å². The number of hydrogen-bond acceptors (Lipinski definition) is 4. The van der Waals surface area contributed by atoms with Crippen LogP contribution in [0.15, 0.2) is 46.8 Å². The highest BCUT2D eigenvalue weighted by Crippen LogP contribution is 2.19. The highest BCUT2D eigenvalue weighted by atomic mass is 127. The van der Waals surface area contributed by atoms with Crippen LogP contribution >= 0.6 is 35.3 Å². The number of aliphatic imine (C=N–C) groups is 1. The molecule has 2 N–H and O–H groups in total. The van der Waals surface area contributed by atoms with E-state index >= 15 is 0 Å². The third kappa shape index (κ3) is 6.66. The van der Waals surface area contributed by atoms with E-state index in [0.717, 1.165) is 18.1 Å². The maximum absolute atomic E-state index is 11.4. The van der Waals surface area contributed by atoms with E-state index in [1.807, 2.05) is 12.1 Å². The van der Waals surface area contributed by atoms with Gasteiger partial charge >= 0.3 is 5.97 Å². The summed E-state index contributed by atoms with van der Waals surface area (Å²) in [5.74, 6) is 0.868. The molecule has 0 spiro atoms. The second-order valence-corrected chi connectivity index (χ2v) is 6.39. The normalized spacial score (nSPS) is 12.0. The standard InChI is InChI=1S/C18H23N3O2S.HI/c1-13(16-5-4-10-24-16)11-20-18(19-2)21-12-14-6-8-15(9-7-14)17(22)23-3;/h4-10,13H,11-12H2,1-3H3,(H2,19,20,21);1H. The number of esters is 1. The molecular formula is C18H24IN3O2S. The molecule has 25 heavy (non-hydrogen) atoms. The highest BCUT2D eigenvalue weighted by Gasteiger charge is 2.08. The molecule has 0 aliphatic carbocycles. The van der Waals surface area contributed by atoms with Crippen LogP contribution < -0.4 is 10.6 Å². The molecule has 5 nitrogen and oxygen atoms in total. The summed E-state index contributed by atoms with van der Waals surface area (Å²) in [6.07, 6.45) is 0. The molecule has 136 valence electrons. The van der Waals surface area contributed by atoms with Crippen LogP contribution in [0, 0.1) is 0 Å². The second kappa shape index (κ2) is 11.1. The van der Waals surface area contributed by atoms with Gasteiger partial charge in [0.15, 0.2) is 5.96 Å². The molecule has 0 aliphatic heterocycles. The molecule has 7 heteroatoms. The minimum Gasteiger partial charge on any atom is -0.465 e. The zero-order valence-corrected chi connectivity index (χ0v) is 17.8. The molecule has 0 bridgehead atoms. The number of ether oxygens (including phenoxy) is 1. The molecule has 0 radical (unpaired) electrons. The first kappa shape index (κ1) is 21.4. The summed E-state index contributed by atoms with van der Waals surface area (Å²) in [6, 6.07) is 11.6. The number of halogens is 1. The quantitative estimate of drug-likeness (QED) is 0.291. The Morgan fingerprint density at radius 2 is 1.96 bits per heavy atom. The number of guanidine groups is 1. The van der Waals surface area contributed by atoms with E-state index in [9.17, 15) is 4.79 Å². The Bertz CT molecular complexity index is 672. The van der Waals surface area contributed by atoms with Crippen molar-refractivity contribution in [3.05, 3.63) is 57.8 Å². The summed E-state index contributed by atoms with van der Waals surface area (Å²) in [7, 11) is 3.14. The molecule has 0 saturated carbocycles. The Morgan fingerprint density at radius 1 is 1.24 bits per heavy atom. The van der Waals surface area contributed by atoms with Crippen molar-refractivity contribution in [1.29, 1.82) is 0 Å². The van der Waals surface area contributed by atoms with Crippen molar-refractivity contribution in [3.8, 4) is 0 Å². The summed E-state index contributed by atoms with van der Waals surface area (Å²) in [5, 5.41) is 8.71. The summed E-state index contributed by atoms with van der Waals surface area (Å²) in [5.41, 5.74) is 1.62. The molecule has 0 fully saturated rings. The SMILES string of the molecule is CN=C(NCc1ccc(C(=O)OC)cc1)NCC(C)c1cccs1.I. The van der Waals surface area contributed by atoms with Gasteiger partial charge in [0.2, 0.25) is 0 Å². The number of methoxy groups -OCH3 is 1. The van der Waals surface area contributed by atoms with E-state index in [4.69, 9.17) is 4.74 Å². The van der Waals surface area contributed by atoms with Crippen molar-refractivity contribution < 1.29 is 9.53 Å². The molecule has 0 amide bonds. The molecule has 1 heterocycles. The lowest BCUT2D eigenvalue weighted by atomic mass is 10.1. The maximum Gasteiger partial charge on any atom is 0.337 e. The van der Waals surface area contributed by atoms with Gasteiger partial charge in [-0.05, 0) is 29.1 Å². The number of nitrogens with zero attached hydrogens (tertiary/aromatic N) is 1. The van der Waals surface area contributed by atoms with Crippen LogP contribution in [0.5, 0.6) is 0 Å². The zero-order chi connectivity index (χ0) is 17.4. The van der Waals surface area contributed by atoms with E-state index in [0.29, 0.717) is 18.0 Å². The van der Waals surface area contributed by atoms with Gasteiger partial charge in [-0.1, -0.05) is 25.1 Å². The fourth-order valence-corrected chi connectivity index (χ4v) is 2.99. The van der Waals surface area contributed by atoms with E-state index in [1.54, 1.807) is 30.5 Å². The van der Waals surface area contributed by atoms with Gasteiger partial charge in [-0.3, -0.25) is 4.99 Å². The van der Waals surface area contributed by atoms with Crippen molar-refractivity contribution in [2.75, 3.05) is 20.7 Å². The average Bonchev–Trinajstić information content (AvgIpc) is 3.16. The minimum absolute atomic E-state index is 0. The Kier molecular flexibility index (Phi) is 9.51. The first-order valence-electron chi connectivity index (χ1n) is 7.79. The molecule has 0 saturated heterocycles. The van der Waals surface area contributed by atoms with Gasteiger partial charge in [0.05, 0.1) is 12.7 Å². The van der Waals surface area contributed by atoms with Crippen LogP contribution in [0.25, 0.3) is 0 Å². The predicted molar refractivity (Wildman–Crippen MR) is 114 cm³/mol. The number of benzene rings is 1. The summed E-state index contributed by atoms with van der Waals surface area (Å²) >= 11 is 1.77. The molecule has 1 unspecified atom stereocenters. The Labute approximate surface area is 169 Å². The lowest BCUT2D eigenvalue weighted by Gasteiger charge is -2.15. The number of rotatable bonds is 6. The summed E-state index contributed by atoms with van der Waals surface area (Å²) < 4.78 is 4.69. The Morgan fingerprint density at radius 3 is 2.52 bits per heavy atom. The van der Waals surface area contributed by atoms with Crippen LogP contribution in [-0.2, 0) is 11.3 Å². The van der Waals surface area contributed by atoms with Gasteiger partial charge in [0, 0.05) is 30.9 Å². The molecule has 2 rings (SSSR count). The maximum atomic E-state index is 11.4. The molecule has 0 aliphatic rings. The van der Waals surface area contributed by atoms with Gasteiger partial charge in [0.1, 0.15) is 0 Å². The van der Waals surface area contributed by atoms with Crippen LogP contribution in [-0.4, -0.2) is 32.6 Å². The monoisotopic (exact) mass is 473 g/mol. The number of thiophene rings is 1. The number of nitrogens with one attached hydrogen (secondary N) is 2. The van der Waals surface area contributed by atoms with E-state index < -0.39 is 0 Å². The summed E-state index contributed by atoms with van der Waals surface area (Å²) in [6.45, 7) is 3.65. The summed E-state index contributed by atoms with van der Waals surface area (Å²) in [4.78, 5) is 17.0. The van der Waals surface area contributed by atoms with Crippen LogP contribution in [0.4, 0.5) is 0 Å². The smallest absolute Gasteiger partial charge is 0.337 e. The van der Waals surface area contributed by atoms with Gasteiger partial charge < -0.3 is 15.4 Å². The van der Waals surface area contributed by atoms with Crippen LogP contribution in [0.1, 0.15) is 33.6 Å². The van der Waals surface area contributed by atoms with Crippen molar-refractivity contribution >= 4 is 47.2 Å². The number of carbonyl (C=O) groups is 1. The molecule has 1 atom stereocenters. The third-order valence-corrected chi connectivity index (χ3v) is 4.77. The van der Waals surface area contributed by atoms with E-state index in [2.05, 4.69) is 40.1 Å². The fourth-order valence-electron chi connectivity index (χ4n) is 2.20. The third-order valence-electron chi connectivity index (χ3n) is 3.66. The van der Waals surface area contributed by atoms with Crippen molar-refractivity contribution in [3.63, 3.8) is 0 Å². The average molecular weight is 473 g/mol. The molecule has 1 aromatic carbocycles. The predicted octanol–water partition coefficient (Wildman–Crippen LogP) is 3.62. The highest BCUT2D eigenvalue weighted by molar-refractivity contribution is 14.0. The minimum atomic E-state index is -0.324. The number of hydrogen-bond donors (Lipinski definition) is 2. The first-order valence-corrected chi connectivity index (χ1v) is 8.67. The Hall–Kier alpha value is -1.61. The van der Waals surface area contributed by atoms with Crippen molar-refractivity contribution in [2.45, 2.75) is 19.4 Å². The molecule has 2 aromatic rings. The first-order chi connectivity index (χ1) is 11.6. The zero-order valence-electron chi connectivity index (χ0n) is 14.6. The second-order valence-electron chi connectivity index (χ2n) is 5.41. The van der Waals surface area contributed by atoms with E-state index in [-0.39, 0.29) is 29.9 Å². The van der Waals surface area contributed by atoms with Gasteiger partial charge in [-0.15, -0.1) is 35.3 Å². The number of carbonyl (C=O) groups excluding carboxylic acids is 1. The van der Waals surface area contributed by atoms with E-state index in [1.165, 1.54) is 12.0 Å². The van der Waals surface area contributed by atoms with Crippen molar-refractivity contribution in [2.24, 2.45) is 4.99 Å². The van der Waals surface area contributed by atoms with Crippen molar-refractivity contribution in [1.82, 2.24) is 10.6 Å². The molecule has 1 aromatic heterocycles. The lowest BCUT2D eigenvalue weighted by molar-refractivity contribution is 0.0600.